The number of nitriles is 1. The fraction of sp³-hybridized carbons (Fsp3) is 0.100. The van der Waals surface area contributed by atoms with Crippen molar-refractivity contribution in [3.63, 3.8) is 0 Å². The first-order valence-corrected chi connectivity index (χ1v) is 3.67. The van der Waals surface area contributed by atoms with Gasteiger partial charge in [-0.2, -0.15) is 5.26 Å². The zero-order valence-electron chi connectivity index (χ0n) is 6.91. The predicted octanol–water partition coefficient (Wildman–Crippen LogP) is 1.90. The van der Waals surface area contributed by atoms with Gasteiger partial charge in [0.05, 0.1) is 0 Å². The van der Waals surface area contributed by atoms with Crippen LogP contribution in [0.3, 0.4) is 0 Å². The molecule has 2 N–H and O–H groups in total. The molecular formula is C10H10N2. The summed E-state index contributed by atoms with van der Waals surface area (Å²) in [7, 11) is 0. The van der Waals surface area contributed by atoms with Gasteiger partial charge in [-0.15, -0.1) is 0 Å². The summed E-state index contributed by atoms with van der Waals surface area (Å²) in [5.74, 6) is 0. The van der Waals surface area contributed by atoms with Gasteiger partial charge in [-0.1, -0.05) is 30.3 Å². The Kier molecular flexibility index (Phi) is 2.49. The van der Waals surface area contributed by atoms with Gasteiger partial charge in [0.1, 0.15) is 11.8 Å². The summed E-state index contributed by atoms with van der Waals surface area (Å²) in [6.07, 6.45) is 0. The van der Waals surface area contributed by atoms with Crippen LogP contribution in [-0.2, 0) is 0 Å². The number of allylic oxidation sites excluding steroid dienone is 2. The largest absolute Gasteiger partial charge is 0.390 e. The summed E-state index contributed by atoms with van der Waals surface area (Å²) in [4.78, 5) is 0. The van der Waals surface area contributed by atoms with E-state index in [9.17, 15) is 0 Å². The van der Waals surface area contributed by atoms with Gasteiger partial charge in [-0.25, -0.2) is 0 Å². The van der Waals surface area contributed by atoms with Gasteiger partial charge < -0.3 is 5.73 Å². The second kappa shape index (κ2) is 3.59. The van der Waals surface area contributed by atoms with E-state index in [0.717, 1.165) is 11.1 Å². The van der Waals surface area contributed by atoms with E-state index in [1.165, 1.54) is 0 Å². The molecule has 1 rings (SSSR count). The third-order valence-corrected chi connectivity index (χ3v) is 1.73. The maximum atomic E-state index is 8.53. The van der Waals surface area contributed by atoms with E-state index in [1.807, 2.05) is 43.3 Å². The van der Waals surface area contributed by atoms with Gasteiger partial charge in [0.2, 0.25) is 0 Å². The summed E-state index contributed by atoms with van der Waals surface area (Å²) < 4.78 is 0. The summed E-state index contributed by atoms with van der Waals surface area (Å²) >= 11 is 0. The van der Waals surface area contributed by atoms with E-state index in [2.05, 4.69) is 0 Å². The van der Waals surface area contributed by atoms with Gasteiger partial charge in [-0.3, -0.25) is 0 Å². The van der Waals surface area contributed by atoms with Crippen LogP contribution in [0.1, 0.15) is 12.5 Å². The third-order valence-electron chi connectivity index (χ3n) is 1.73. The fourth-order valence-electron chi connectivity index (χ4n) is 0.928. The lowest BCUT2D eigenvalue weighted by Crippen LogP contribution is -1.96. The van der Waals surface area contributed by atoms with Gasteiger partial charge in [0, 0.05) is 0 Å². The molecule has 1 aromatic carbocycles. The molecule has 2 nitrogen and oxygen atoms in total. The molecule has 1 aromatic rings. The van der Waals surface area contributed by atoms with Crippen molar-refractivity contribution >= 4 is 5.57 Å². The SMILES string of the molecule is C/C(=C(\N)C#N)c1ccccc1. The second-order valence-corrected chi connectivity index (χ2v) is 2.52. The van der Waals surface area contributed by atoms with E-state index in [4.69, 9.17) is 11.0 Å². The Bertz CT molecular complexity index is 331. The number of hydrogen-bond donors (Lipinski definition) is 1. The molecule has 0 spiro atoms. The second-order valence-electron chi connectivity index (χ2n) is 2.52. The van der Waals surface area contributed by atoms with Crippen LogP contribution in [0.5, 0.6) is 0 Å². The van der Waals surface area contributed by atoms with Crippen LogP contribution in [0.15, 0.2) is 36.0 Å². The highest BCUT2D eigenvalue weighted by molar-refractivity contribution is 5.68. The molecule has 0 saturated heterocycles. The molecule has 0 bridgehead atoms. The van der Waals surface area contributed by atoms with E-state index in [1.54, 1.807) is 0 Å². The van der Waals surface area contributed by atoms with Crippen LogP contribution in [0, 0.1) is 11.3 Å². The van der Waals surface area contributed by atoms with Crippen molar-refractivity contribution in [3.8, 4) is 6.07 Å². The topological polar surface area (TPSA) is 49.8 Å². The number of nitrogens with zero attached hydrogens (tertiary/aromatic N) is 1. The van der Waals surface area contributed by atoms with Crippen molar-refractivity contribution in [1.82, 2.24) is 0 Å². The minimum atomic E-state index is 0.279. The van der Waals surface area contributed by atoms with Crippen molar-refractivity contribution in [1.29, 1.82) is 5.26 Å². The Morgan fingerprint density at radius 3 is 2.42 bits per heavy atom. The van der Waals surface area contributed by atoms with Crippen molar-refractivity contribution in [2.75, 3.05) is 0 Å². The molecule has 0 aliphatic heterocycles. The quantitative estimate of drug-likeness (QED) is 0.634. The van der Waals surface area contributed by atoms with Crippen molar-refractivity contribution in [2.24, 2.45) is 5.73 Å². The fourth-order valence-corrected chi connectivity index (χ4v) is 0.928. The van der Waals surface area contributed by atoms with Crippen LogP contribution in [0.2, 0.25) is 0 Å². The number of benzene rings is 1. The van der Waals surface area contributed by atoms with Crippen molar-refractivity contribution < 1.29 is 0 Å². The number of rotatable bonds is 1. The monoisotopic (exact) mass is 158 g/mol. The van der Waals surface area contributed by atoms with E-state index in [-0.39, 0.29) is 5.70 Å². The summed E-state index contributed by atoms with van der Waals surface area (Å²) in [5.41, 5.74) is 7.57. The minimum absolute atomic E-state index is 0.279. The van der Waals surface area contributed by atoms with Crippen LogP contribution in [0.25, 0.3) is 5.57 Å². The summed E-state index contributed by atoms with van der Waals surface area (Å²) in [6.45, 7) is 1.84. The molecule has 2 heteroatoms. The molecular weight excluding hydrogens is 148 g/mol. The van der Waals surface area contributed by atoms with Crippen molar-refractivity contribution in [2.45, 2.75) is 6.92 Å². The first kappa shape index (κ1) is 8.35. The molecule has 0 aliphatic carbocycles. The molecule has 0 aliphatic rings. The molecule has 0 atom stereocenters. The minimum Gasteiger partial charge on any atom is -0.390 e. The Labute approximate surface area is 71.9 Å². The summed E-state index contributed by atoms with van der Waals surface area (Å²) in [5, 5.41) is 8.53. The lowest BCUT2D eigenvalue weighted by Gasteiger charge is -2.00. The lowest BCUT2D eigenvalue weighted by molar-refractivity contribution is 1.37. The standard InChI is InChI=1S/C10H10N2/c1-8(10(12)7-11)9-5-3-2-4-6-9/h2-6H,12H2,1H3/b10-8+. The van der Waals surface area contributed by atoms with E-state index >= 15 is 0 Å². The van der Waals surface area contributed by atoms with Crippen molar-refractivity contribution in [3.05, 3.63) is 41.6 Å². The smallest absolute Gasteiger partial charge is 0.117 e. The van der Waals surface area contributed by atoms with Gasteiger partial charge in [0.15, 0.2) is 0 Å². The predicted molar refractivity (Wildman–Crippen MR) is 48.8 cm³/mol. The molecule has 0 aromatic heterocycles. The van der Waals surface area contributed by atoms with E-state index in [0.29, 0.717) is 0 Å². The molecule has 0 unspecified atom stereocenters. The Morgan fingerprint density at radius 2 is 1.92 bits per heavy atom. The van der Waals surface area contributed by atoms with Crippen LogP contribution in [0.4, 0.5) is 0 Å². The third kappa shape index (κ3) is 1.64. The van der Waals surface area contributed by atoms with E-state index < -0.39 is 0 Å². The molecule has 0 heterocycles. The molecule has 0 fully saturated rings. The zero-order valence-corrected chi connectivity index (χ0v) is 6.91. The van der Waals surface area contributed by atoms with Crippen LogP contribution in [-0.4, -0.2) is 0 Å². The summed E-state index contributed by atoms with van der Waals surface area (Å²) in [6, 6.07) is 11.6. The molecule has 0 radical (unpaired) electrons. The maximum Gasteiger partial charge on any atom is 0.117 e. The average molecular weight is 158 g/mol. The molecule has 12 heavy (non-hydrogen) atoms. The average Bonchev–Trinajstić information content (AvgIpc) is 2.17. The van der Waals surface area contributed by atoms with Crippen LogP contribution >= 0.6 is 0 Å². The maximum absolute atomic E-state index is 8.53. The first-order valence-electron chi connectivity index (χ1n) is 3.67. The van der Waals surface area contributed by atoms with Gasteiger partial charge in [-0.05, 0) is 18.1 Å². The number of nitrogens with two attached hydrogens (primary N) is 1. The molecule has 0 amide bonds. The lowest BCUT2D eigenvalue weighted by atomic mass is 10.1. The Hall–Kier alpha value is -1.75. The first-order chi connectivity index (χ1) is 5.75. The molecule has 60 valence electrons. The normalized spacial score (nSPS) is 11.7. The van der Waals surface area contributed by atoms with Gasteiger partial charge >= 0.3 is 0 Å². The number of hydrogen-bond acceptors (Lipinski definition) is 2. The highest BCUT2D eigenvalue weighted by Crippen LogP contribution is 2.14. The Balaban J connectivity index is 3.11. The van der Waals surface area contributed by atoms with Crippen LogP contribution < -0.4 is 5.73 Å². The highest BCUT2D eigenvalue weighted by Gasteiger charge is 1.98. The highest BCUT2D eigenvalue weighted by atomic mass is 14.6. The Morgan fingerprint density at radius 1 is 1.33 bits per heavy atom. The van der Waals surface area contributed by atoms with Gasteiger partial charge in [0.25, 0.3) is 0 Å². The zero-order chi connectivity index (χ0) is 8.97. The molecule has 0 saturated carbocycles.